The Hall–Kier alpha value is -3.14. The summed E-state index contributed by atoms with van der Waals surface area (Å²) in [6.07, 6.45) is 4.46. The highest BCUT2D eigenvalue weighted by atomic mass is 16.5. The second-order valence-corrected chi connectivity index (χ2v) is 13.6. The van der Waals surface area contributed by atoms with Crippen LogP contribution in [0, 0.1) is 5.41 Å². The third-order valence-corrected chi connectivity index (χ3v) is 7.73. The summed E-state index contributed by atoms with van der Waals surface area (Å²) in [6, 6.07) is 8.90. The smallest absolute Gasteiger partial charge is 0.128 e. The van der Waals surface area contributed by atoms with E-state index in [1.54, 1.807) is 14.2 Å². The number of fused-ring (bicyclic) bond motifs is 4. The van der Waals surface area contributed by atoms with Crippen LogP contribution in [0.4, 0.5) is 5.69 Å². The maximum absolute atomic E-state index is 6.09. The lowest BCUT2D eigenvalue weighted by atomic mass is 9.75. The van der Waals surface area contributed by atoms with E-state index in [1.165, 1.54) is 22.3 Å². The van der Waals surface area contributed by atoms with Crippen molar-refractivity contribution in [1.29, 1.82) is 0 Å². The molecular weight excluding hydrogens is 456 g/mol. The van der Waals surface area contributed by atoms with Gasteiger partial charge in [0.15, 0.2) is 0 Å². The van der Waals surface area contributed by atoms with Crippen LogP contribution in [-0.2, 0) is 15.6 Å². The van der Waals surface area contributed by atoms with E-state index in [0.717, 1.165) is 44.7 Å². The van der Waals surface area contributed by atoms with Gasteiger partial charge in [-0.1, -0.05) is 62.3 Å². The molecular formula is C33H40N2O2. The lowest BCUT2D eigenvalue weighted by Gasteiger charge is -2.34. The number of hydrogen-bond acceptors (Lipinski definition) is 4. The quantitative estimate of drug-likeness (QED) is 0.333. The Morgan fingerprint density at radius 1 is 0.676 bits per heavy atom. The molecule has 5 rings (SSSR count). The van der Waals surface area contributed by atoms with Crippen LogP contribution in [0.15, 0.2) is 52.7 Å². The van der Waals surface area contributed by atoms with Crippen molar-refractivity contribution < 1.29 is 9.47 Å². The van der Waals surface area contributed by atoms with Crippen molar-refractivity contribution in [3.05, 3.63) is 64.4 Å². The largest absolute Gasteiger partial charge is 0.500 e. The predicted octanol–water partition coefficient (Wildman–Crippen LogP) is 8.68. The summed E-state index contributed by atoms with van der Waals surface area (Å²) in [5.74, 6) is 1.64. The Labute approximate surface area is 221 Å². The van der Waals surface area contributed by atoms with E-state index in [-0.39, 0.29) is 22.2 Å². The van der Waals surface area contributed by atoms with Crippen molar-refractivity contribution in [1.82, 2.24) is 4.98 Å². The molecule has 1 atom stereocenters. The van der Waals surface area contributed by atoms with Crippen molar-refractivity contribution in [2.75, 3.05) is 14.2 Å². The first-order valence-corrected chi connectivity index (χ1v) is 13.2. The summed E-state index contributed by atoms with van der Waals surface area (Å²) in [7, 11) is 3.52. The zero-order chi connectivity index (χ0) is 27.1. The van der Waals surface area contributed by atoms with Crippen molar-refractivity contribution in [2.45, 2.75) is 79.1 Å². The van der Waals surface area contributed by atoms with Gasteiger partial charge in [-0.15, -0.1) is 0 Å². The number of pyridine rings is 1. The van der Waals surface area contributed by atoms with E-state index < -0.39 is 0 Å². The molecule has 2 aromatic carbocycles. The van der Waals surface area contributed by atoms with Crippen LogP contribution in [0.5, 0.6) is 5.75 Å². The lowest BCUT2D eigenvalue weighted by Crippen LogP contribution is -2.25. The first-order chi connectivity index (χ1) is 17.1. The van der Waals surface area contributed by atoms with Gasteiger partial charge in [-0.2, -0.15) is 0 Å². The highest BCUT2D eigenvalue weighted by Crippen LogP contribution is 2.51. The van der Waals surface area contributed by atoms with Gasteiger partial charge in [-0.25, -0.2) is 4.98 Å². The molecule has 0 amide bonds. The van der Waals surface area contributed by atoms with Gasteiger partial charge in [0.2, 0.25) is 0 Å². The minimum absolute atomic E-state index is 0.0277. The first-order valence-electron chi connectivity index (χ1n) is 13.2. The normalized spacial score (nSPS) is 17.8. The van der Waals surface area contributed by atoms with Gasteiger partial charge in [0.25, 0.3) is 0 Å². The van der Waals surface area contributed by atoms with Crippen LogP contribution in [0.3, 0.4) is 0 Å². The maximum Gasteiger partial charge on any atom is 0.128 e. The molecule has 0 spiro atoms. The van der Waals surface area contributed by atoms with Gasteiger partial charge in [0.1, 0.15) is 11.5 Å². The molecule has 2 heterocycles. The summed E-state index contributed by atoms with van der Waals surface area (Å²) >= 11 is 0. The van der Waals surface area contributed by atoms with Crippen LogP contribution < -0.4 is 4.74 Å². The van der Waals surface area contributed by atoms with E-state index in [4.69, 9.17) is 19.5 Å². The molecule has 0 radical (unpaired) electrons. The molecule has 0 bridgehead atoms. The summed E-state index contributed by atoms with van der Waals surface area (Å²) in [4.78, 5) is 10.5. The van der Waals surface area contributed by atoms with Crippen LogP contribution >= 0.6 is 0 Å². The zero-order valence-electron chi connectivity index (χ0n) is 24.3. The molecule has 194 valence electrons. The van der Waals surface area contributed by atoms with Gasteiger partial charge in [0, 0.05) is 10.8 Å². The number of nitrogens with zero attached hydrogens (tertiary/aromatic N) is 2. The zero-order valence-corrected chi connectivity index (χ0v) is 24.3. The second kappa shape index (κ2) is 8.18. The number of hydrogen-bond donors (Lipinski definition) is 0. The SMILES string of the molecule is COC1=CC(C(C)(C)C)=CC2=Nc3cc(C(C)(C)C)cc4nc5cc(C(C)(C)C)cc(OC)c5c(c34)C12. The predicted molar refractivity (Wildman–Crippen MR) is 156 cm³/mol. The third-order valence-electron chi connectivity index (χ3n) is 7.73. The van der Waals surface area contributed by atoms with E-state index in [0.29, 0.717) is 0 Å². The Bertz CT molecular complexity index is 1530. The standard InChI is InChI=1S/C33H40N2O2/c1-31(2,3)18-12-21-27-22(13-18)35-24-15-20(33(7,8)9)17-26(37-11)29(24)30(27)28-23(34-21)14-19(32(4,5)6)16-25(28)36-10/h12-17,28H,1-11H3. The molecule has 1 unspecified atom stereocenters. The molecule has 0 saturated heterocycles. The average Bonchev–Trinajstić information content (AvgIpc) is 2.80. The van der Waals surface area contributed by atoms with Crippen LogP contribution in [0.2, 0.25) is 0 Å². The van der Waals surface area contributed by atoms with Crippen molar-refractivity contribution in [3.8, 4) is 5.75 Å². The molecule has 1 aromatic heterocycles. The number of aliphatic imine (C=N–C) groups is 1. The molecule has 1 aliphatic carbocycles. The second-order valence-electron chi connectivity index (χ2n) is 13.6. The van der Waals surface area contributed by atoms with Crippen LogP contribution in [-0.4, -0.2) is 24.9 Å². The molecule has 0 saturated carbocycles. The Kier molecular flexibility index (Phi) is 5.64. The summed E-state index contributed by atoms with van der Waals surface area (Å²) in [6.45, 7) is 20.1. The third kappa shape index (κ3) is 4.15. The van der Waals surface area contributed by atoms with E-state index in [1.807, 2.05) is 0 Å². The highest BCUT2D eigenvalue weighted by Gasteiger charge is 2.37. The Morgan fingerprint density at radius 2 is 1.27 bits per heavy atom. The van der Waals surface area contributed by atoms with E-state index in [2.05, 4.69) is 98.7 Å². The number of allylic oxidation sites excluding steroid dienone is 4. The van der Waals surface area contributed by atoms with Gasteiger partial charge >= 0.3 is 0 Å². The molecule has 3 aromatic rings. The van der Waals surface area contributed by atoms with Gasteiger partial charge in [-0.05, 0) is 74.9 Å². The Morgan fingerprint density at radius 3 is 1.81 bits per heavy atom. The monoisotopic (exact) mass is 496 g/mol. The van der Waals surface area contributed by atoms with Crippen molar-refractivity contribution in [3.63, 3.8) is 0 Å². The number of methoxy groups -OCH3 is 2. The first kappa shape index (κ1) is 25.5. The van der Waals surface area contributed by atoms with E-state index in [9.17, 15) is 0 Å². The van der Waals surface area contributed by atoms with Gasteiger partial charge in [0.05, 0.1) is 42.6 Å². The highest BCUT2D eigenvalue weighted by molar-refractivity contribution is 6.18. The molecule has 37 heavy (non-hydrogen) atoms. The molecule has 4 heteroatoms. The van der Waals surface area contributed by atoms with Crippen molar-refractivity contribution >= 4 is 33.2 Å². The van der Waals surface area contributed by atoms with Gasteiger partial charge < -0.3 is 9.47 Å². The summed E-state index contributed by atoms with van der Waals surface area (Å²) in [5, 5.41) is 2.13. The number of aromatic nitrogens is 1. The topological polar surface area (TPSA) is 43.7 Å². The fourth-order valence-electron chi connectivity index (χ4n) is 5.40. The van der Waals surface area contributed by atoms with Crippen molar-refractivity contribution in [2.24, 2.45) is 10.4 Å². The van der Waals surface area contributed by atoms with E-state index >= 15 is 0 Å². The number of ether oxygens (including phenoxy) is 2. The molecule has 0 fully saturated rings. The fourth-order valence-corrected chi connectivity index (χ4v) is 5.40. The fraction of sp³-hybridized carbons (Fsp3) is 0.455. The average molecular weight is 497 g/mol. The Balaban J connectivity index is 1.97. The van der Waals surface area contributed by atoms with Gasteiger partial charge in [-0.3, -0.25) is 4.99 Å². The summed E-state index contributed by atoms with van der Waals surface area (Å²) < 4.78 is 12.2. The molecule has 2 aliphatic rings. The number of rotatable bonds is 2. The van der Waals surface area contributed by atoms with Crippen LogP contribution in [0.1, 0.15) is 84.9 Å². The number of benzene rings is 2. The summed E-state index contributed by atoms with van der Waals surface area (Å²) in [5.41, 5.74) is 8.64. The maximum atomic E-state index is 6.09. The lowest BCUT2D eigenvalue weighted by molar-refractivity contribution is 0.275. The minimum atomic E-state index is -0.119. The van der Waals surface area contributed by atoms with Crippen LogP contribution in [0.25, 0.3) is 21.8 Å². The minimum Gasteiger partial charge on any atom is -0.500 e. The molecule has 0 N–H and O–H groups in total. The molecule has 1 aliphatic heterocycles. The molecule has 4 nitrogen and oxygen atoms in total.